The molecule has 2 atom stereocenters. The molecule has 0 bridgehead atoms. The van der Waals surface area contributed by atoms with E-state index in [9.17, 15) is 24.3 Å². The molecule has 4 rings (SSSR count). The summed E-state index contributed by atoms with van der Waals surface area (Å²) < 4.78 is 5.93. The van der Waals surface area contributed by atoms with Crippen LogP contribution in [0.15, 0.2) is 48.5 Å². The molecule has 0 spiro atoms. The fourth-order valence-electron chi connectivity index (χ4n) is 5.37. The first-order valence-corrected chi connectivity index (χ1v) is 15.1. The normalized spacial score (nSPS) is 21.8. The highest BCUT2D eigenvalue weighted by Gasteiger charge is 2.28. The third-order valence-electron chi connectivity index (χ3n) is 7.77. The molecule has 1 aliphatic carbocycles. The van der Waals surface area contributed by atoms with Gasteiger partial charge in [-0.1, -0.05) is 49.9 Å². The molecule has 1 saturated carbocycles. The summed E-state index contributed by atoms with van der Waals surface area (Å²) in [7, 11) is 0. The summed E-state index contributed by atoms with van der Waals surface area (Å²) in [6.07, 6.45) is 7.44. The predicted octanol–water partition coefficient (Wildman–Crippen LogP) is 3.13. The molecule has 4 amide bonds. The molecule has 1 aliphatic heterocycles. The third kappa shape index (κ3) is 9.49. The van der Waals surface area contributed by atoms with Crippen LogP contribution in [0.5, 0.6) is 11.5 Å². The van der Waals surface area contributed by atoms with Crippen LogP contribution in [0.2, 0.25) is 0 Å². The average molecular weight is 579 g/mol. The molecule has 5 N–H and O–H groups in total. The van der Waals surface area contributed by atoms with Crippen LogP contribution in [-0.2, 0) is 20.8 Å². The predicted molar refractivity (Wildman–Crippen MR) is 158 cm³/mol. The van der Waals surface area contributed by atoms with Crippen molar-refractivity contribution in [3.05, 3.63) is 59.7 Å². The zero-order valence-electron chi connectivity index (χ0n) is 24.0. The van der Waals surface area contributed by atoms with Gasteiger partial charge in [0.1, 0.15) is 23.6 Å². The molecule has 42 heavy (non-hydrogen) atoms. The second-order valence-corrected chi connectivity index (χ2v) is 11.1. The van der Waals surface area contributed by atoms with Crippen LogP contribution in [0.1, 0.15) is 80.1 Å². The lowest BCUT2D eigenvalue weighted by Gasteiger charge is -2.22. The van der Waals surface area contributed by atoms with Crippen molar-refractivity contribution in [1.29, 1.82) is 0 Å². The first-order valence-electron chi connectivity index (χ1n) is 15.1. The highest BCUT2D eigenvalue weighted by Crippen LogP contribution is 2.20. The van der Waals surface area contributed by atoms with E-state index >= 15 is 0 Å². The number of carbonyl (C=O) groups excluding carboxylic acids is 4. The number of ether oxygens (including phenoxy) is 1. The quantitative estimate of drug-likeness (QED) is 0.377. The van der Waals surface area contributed by atoms with Crippen LogP contribution in [-0.4, -0.2) is 60.0 Å². The molecule has 2 aliphatic rings. The van der Waals surface area contributed by atoms with E-state index in [1.807, 2.05) is 0 Å². The Morgan fingerprint density at radius 1 is 0.881 bits per heavy atom. The maximum atomic E-state index is 13.4. The van der Waals surface area contributed by atoms with Crippen LogP contribution in [0, 0.1) is 0 Å². The number of aromatic hydroxyl groups is 1. The van der Waals surface area contributed by atoms with Crippen molar-refractivity contribution in [2.24, 2.45) is 0 Å². The van der Waals surface area contributed by atoms with Crippen LogP contribution in [0.25, 0.3) is 0 Å². The molecule has 10 heteroatoms. The fraction of sp³-hybridized carbons (Fsp3) is 0.500. The van der Waals surface area contributed by atoms with E-state index in [1.165, 1.54) is 12.1 Å². The van der Waals surface area contributed by atoms with Crippen LogP contribution in [0.4, 0.5) is 0 Å². The Balaban J connectivity index is 1.51. The first kappa shape index (κ1) is 30.9. The number of rotatable bonds is 4. The molecule has 2 aromatic carbocycles. The van der Waals surface area contributed by atoms with Crippen molar-refractivity contribution >= 4 is 23.6 Å². The van der Waals surface area contributed by atoms with Crippen molar-refractivity contribution in [2.45, 2.75) is 88.8 Å². The standard InChI is InChI=1S/C32H42N4O6/c37-24-15-13-22(14-16-24)21-27-31(40)33-19-7-1-2-8-20-42-28-12-6-5-11-25(28)30(39)36-26(17-18-29(38)35-27)32(41)34-23-9-3-4-10-23/h5-6,11-16,23,26-27,37H,1-4,7-10,17-21H2,(H,33,40)(H,34,41)(H,35,38)(H,36,39)/t26-,27-/m0/s1. The van der Waals surface area contributed by atoms with Gasteiger partial charge in [-0.25, -0.2) is 0 Å². The lowest BCUT2D eigenvalue weighted by molar-refractivity contribution is -0.129. The Labute approximate surface area is 247 Å². The van der Waals surface area contributed by atoms with Crippen molar-refractivity contribution < 1.29 is 29.0 Å². The molecule has 0 unspecified atom stereocenters. The second-order valence-electron chi connectivity index (χ2n) is 11.1. The monoisotopic (exact) mass is 578 g/mol. The minimum atomic E-state index is -0.941. The Morgan fingerprint density at radius 3 is 2.40 bits per heavy atom. The van der Waals surface area contributed by atoms with Gasteiger partial charge in [-0.05, 0) is 61.9 Å². The Hall–Kier alpha value is -4.08. The fourth-order valence-corrected chi connectivity index (χ4v) is 5.37. The smallest absolute Gasteiger partial charge is 0.255 e. The number of benzene rings is 2. The van der Waals surface area contributed by atoms with Crippen molar-refractivity contribution in [2.75, 3.05) is 13.2 Å². The summed E-state index contributed by atoms with van der Waals surface area (Å²) in [6, 6.07) is 11.7. The topological polar surface area (TPSA) is 146 Å². The summed E-state index contributed by atoms with van der Waals surface area (Å²) in [6.45, 7) is 0.918. The van der Waals surface area contributed by atoms with E-state index in [0.717, 1.165) is 56.9 Å². The van der Waals surface area contributed by atoms with Crippen LogP contribution < -0.4 is 26.0 Å². The number of phenolic OH excluding ortho intramolecular Hbond substituents is 1. The molecule has 0 radical (unpaired) electrons. The van der Waals surface area contributed by atoms with Gasteiger partial charge in [-0.3, -0.25) is 19.2 Å². The first-order chi connectivity index (χ1) is 20.4. The maximum absolute atomic E-state index is 13.4. The maximum Gasteiger partial charge on any atom is 0.255 e. The summed E-state index contributed by atoms with van der Waals surface area (Å²) in [5, 5.41) is 21.2. The van der Waals surface area contributed by atoms with Gasteiger partial charge < -0.3 is 31.1 Å². The minimum Gasteiger partial charge on any atom is -0.508 e. The Kier molecular flexibility index (Phi) is 11.6. The van der Waals surface area contributed by atoms with Crippen molar-refractivity contribution in [3.8, 4) is 11.5 Å². The minimum absolute atomic E-state index is 0.0502. The van der Waals surface area contributed by atoms with Crippen molar-refractivity contribution in [1.82, 2.24) is 21.3 Å². The molecule has 1 heterocycles. The van der Waals surface area contributed by atoms with Gasteiger partial charge in [0, 0.05) is 25.4 Å². The van der Waals surface area contributed by atoms with E-state index in [2.05, 4.69) is 21.3 Å². The number of phenols is 1. The van der Waals surface area contributed by atoms with Crippen LogP contribution >= 0.6 is 0 Å². The average Bonchev–Trinajstić information content (AvgIpc) is 3.50. The molecule has 0 saturated heterocycles. The molecular weight excluding hydrogens is 536 g/mol. The molecule has 226 valence electrons. The molecule has 10 nitrogen and oxygen atoms in total. The number of amides is 4. The summed E-state index contributed by atoms with van der Waals surface area (Å²) in [5.74, 6) is -0.902. The van der Waals surface area contributed by atoms with Gasteiger partial charge >= 0.3 is 0 Å². The van der Waals surface area contributed by atoms with E-state index in [0.29, 0.717) is 24.5 Å². The summed E-state index contributed by atoms with van der Waals surface area (Å²) in [5.41, 5.74) is 1.12. The van der Waals surface area contributed by atoms with E-state index in [1.54, 1.807) is 36.4 Å². The summed E-state index contributed by atoms with van der Waals surface area (Å²) >= 11 is 0. The SMILES string of the molecule is O=C1CC[C@@H](C(=O)NC2CCCC2)NC(=O)c2ccccc2OCCCCCCNC(=O)[C@H](Cc2ccc(O)cc2)N1. The van der Waals surface area contributed by atoms with E-state index in [4.69, 9.17) is 4.74 Å². The lowest BCUT2D eigenvalue weighted by atomic mass is 10.0. The highest BCUT2D eigenvalue weighted by atomic mass is 16.5. The molecule has 2 aromatic rings. The van der Waals surface area contributed by atoms with Gasteiger partial charge in [0.25, 0.3) is 5.91 Å². The largest absolute Gasteiger partial charge is 0.508 e. The Bertz CT molecular complexity index is 1210. The zero-order valence-corrected chi connectivity index (χ0v) is 24.0. The number of nitrogens with one attached hydrogen (secondary N) is 4. The second kappa shape index (κ2) is 15.8. The molecule has 1 fully saturated rings. The van der Waals surface area contributed by atoms with Crippen LogP contribution in [0.3, 0.4) is 0 Å². The van der Waals surface area contributed by atoms with Gasteiger partial charge in [-0.15, -0.1) is 0 Å². The number of para-hydroxylation sites is 1. The Morgan fingerprint density at radius 2 is 1.62 bits per heavy atom. The number of hydrogen-bond donors (Lipinski definition) is 5. The van der Waals surface area contributed by atoms with E-state index in [-0.39, 0.29) is 42.9 Å². The zero-order chi connectivity index (χ0) is 29.7. The highest BCUT2D eigenvalue weighted by molar-refractivity contribution is 5.99. The molecular formula is C32H42N4O6. The number of hydrogen-bond acceptors (Lipinski definition) is 6. The van der Waals surface area contributed by atoms with Gasteiger partial charge in [0.15, 0.2) is 0 Å². The van der Waals surface area contributed by atoms with Gasteiger partial charge in [0.2, 0.25) is 17.7 Å². The third-order valence-corrected chi connectivity index (χ3v) is 7.77. The van der Waals surface area contributed by atoms with Crippen molar-refractivity contribution in [3.63, 3.8) is 0 Å². The number of fused-ring (bicyclic) bond motifs is 1. The number of carbonyl (C=O) groups is 4. The summed E-state index contributed by atoms with van der Waals surface area (Å²) in [4.78, 5) is 52.9. The molecule has 0 aromatic heterocycles. The van der Waals surface area contributed by atoms with Gasteiger partial charge in [-0.2, -0.15) is 0 Å². The van der Waals surface area contributed by atoms with E-state index < -0.39 is 23.9 Å². The lowest BCUT2D eigenvalue weighted by Crippen LogP contribution is -2.51. The van der Waals surface area contributed by atoms with Gasteiger partial charge in [0.05, 0.1) is 12.2 Å².